The fourth-order valence-corrected chi connectivity index (χ4v) is 2.02. The number of rotatable bonds is 4. The SMILES string of the molecule is Cc1ccc(Br)c(NC(=O)COc2ccccc2N)c1. The number of nitrogens with two attached hydrogens (primary N) is 1. The van der Waals surface area contributed by atoms with Gasteiger partial charge in [0.2, 0.25) is 0 Å². The van der Waals surface area contributed by atoms with Crippen molar-refractivity contribution in [2.75, 3.05) is 17.7 Å². The van der Waals surface area contributed by atoms with Gasteiger partial charge < -0.3 is 15.8 Å². The molecular formula is C15H15BrN2O2. The minimum Gasteiger partial charge on any atom is -0.482 e. The first-order valence-corrected chi connectivity index (χ1v) is 6.89. The molecule has 0 atom stereocenters. The number of amides is 1. The third kappa shape index (κ3) is 3.74. The smallest absolute Gasteiger partial charge is 0.262 e. The summed E-state index contributed by atoms with van der Waals surface area (Å²) in [7, 11) is 0. The third-order valence-corrected chi connectivity index (χ3v) is 3.37. The zero-order chi connectivity index (χ0) is 14.5. The van der Waals surface area contributed by atoms with Gasteiger partial charge >= 0.3 is 0 Å². The number of nitrogen functional groups attached to an aromatic ring is 1. The Morgan fingerprint density at radius 3 is 2.80 bits per heavy atom. The first kappa shape index (κ1) is 14.4. The molecule has 4 nitrogen and oxygen atoms in total. The highest BCUT2D eigenvalue weighted by Gasteiger charge is 2.07. The fraction of sp³-hybridized carbons (Fsp3) is 0.133. The normalized spacial score (nSPS) is 10.1. The number of benzene rings is 2. The van der Waals surface area contributed by atoms with Crippen LogP contribution in [0.25, 0.3) is 0 Å². The first-order chi connectivity index (χ1) is 9.56. The molecule has 5 heteroatoms. The van der Waals surface area contributed by atoms with Crippen molar-refractivity contribution in [3.63, 3.8) is 0 Å². The van der Waals surface area contributed by atoms with Gasteiger partial charge in [0.05, 0.1) is 11.4 Å². The lowest BCUT2D eigenvalue weighted by Crippen LogP contribution is -2.20. The summed E-state index contributed by atoms with van der Waals surface area (Å²) < 4.78 is 6.22. The zero-order valence-electron chi connectivity index (χ0n) is 11.0. The van der Waals surface area contributed by atoms with E-state index in [0.717, 1.165) is 15.7 Å². The molecule has 0 aliphatic heterocycles. The summed E-state index contributed by atoms with van der Waals surface area (Å²) in [5.74, 6) is 0.269. The van der Waals surface area contributed by atoms with Crippen LogP contribution >= 0.6 is 15.9 Å². The molecule has 0 aliphatic carbocycles. The van der Waals surface area contributed by atoms with Crippen molar-refractivity contribution in [3.8, 4) is 5.75 Å². The molecule has 2 rings (SSSR count). The third-order valence-electron chi connectivity index (χ3n) is 2.67. The van der Waals surface area contributed by atoms with Crippen LogP contribution in [0, 0.1) is 6.92 Å². The van der Waals surface area contributed by atoms with Crippen LogP contribution in [0.5, 0.6) is 5.75 Å². The fourth-order valence-electron chi connectivity index (χ4n) is 1.68. The van der Waals surface area contributed by atoms with E-state index in [1.807, 2.05) is 31.2 Å². The molecule has 0 heterocycles. The Morgan fingerprint density at radius 1 is 1.30 bits per heavy atom. The summed E-state index contributed by atoms with van der Waals surface area (Å²) in [6.45, 7) is 1.87. The molecule has 2 aromatic rings. The van der Waals surface area contributed by atoms with Crippen LogP contribution in [0.2, 0.25) is 0 Å². The number of carbonyl (C=O) groups is 1. The maximum absolute atomic E-state index is 11.9. The van der Waals surface area contributed by atoms with Crippen molar-refractivity contribution in [1.29, 1.82) is 0 Å². The van der Waals surface area contributed by atoms with Crippen LogP contribution in [-0.2, 0) is 4.79 Å². The summed E-state index contributed by atoms with van der Waals surface area (Å²) in [5, 5.41) is 2.79. The lowest BCUT2D eigenvalue weighted by atomic mass is 10.2. The summed E-state index contributed by atoms with van der Waals surface area (Å²) >= 11 is 3.39. The second kappa shape index (κ2) is 6.43. The first-order valence-electron chi connectivity index (χ1n) is 6.09. The summed E-state index contributed by atoms with van der Waals surface area (Å²) in [4.78, 5) is 11.9. The van der Waals surface area contributed by atoms with Crippen molar-refractivity contribution in [1.82, 2.24) is 0 Å². The van der Waals surface area contributed by atoms with Gasteiger partial charge in [-0.25, -0.2) is 0 Å². The Balaban J connectivity index is 1.96. The van der Waals surface area contributed by atoms with Gasteiger partial charge in [-0.05, 0) is 52.7 Å². The van der Waals surface area contributed by atoms with Crippen molar-refractivity contribution < 1.29 is 9.53 Å². The van der Waals surface area contributed by atoms with E-state index >= 15 is 0 Å². The Hall–Kier alpha value is -2.01. The molecule has 0 fully saturated rings. The lowest BCUT2D eigenvalue weighted by molar-refractivity contribution is -0.118. The van der Waals surface area contributed by atoms with Gasteiger partial charge in [0, 0.05) is 4.47 Å². The molecule has 0 saturated carbocycles. The van der Waals surface area contributed by atoms with Gasteiger partial charge in [0.25, 0.3) is 5.91 Å². The predicted molar refractivity (Wildman–Crippen MR) is 83.9 cm³/mol. The minimum absolute atomic E-state index is 0.0887. The van der Waals surface area contributed by atoms with Crippen molar-refractivity contribution in [2.45, 2.75) is 6.92 Å². The number of hydrogen-bond acceptors (Lipinski definition) is 3. The van der Waals surface area contributed by atoms with Gasteiger partial charge in [0.15, 0.2) is 6.61 Å². The Bertz CT molecular complexity index is 629. The van der Waals surface area contributed by atoms with Gasteiger partial charge in [-0.15, -0.1) is 0 Å². The highest BCUT2D eigenvalue weighted by Crippen LogP contribution is 2.23. The number of nitrogens with one attached hydrogen (secondary N) is 1. The second-order valence-corrected chi connectivity index (χ2v) is 5.21. The monoisotopic (exact) mass is 334 g/mol. The van der Waals surface area contributed by atoms with E-state index in [1.54, 1.807) is 18.2 Å². The Morgan fingerprint density at radius 2 is 2.05 bits per heavy atom. The second-order valence-electron chi connectivity index (χ2n) is 4.36. The average molecular weight is 335 g/mol. The number of halogens is 1. The van der Waals surface area contributed by atoms with Crippen LogP contribution in [0.3, 0.4) is 0 Å². The van der Waals surface area contributed by atoms with Crippen LogP contribution < -0.4 is 15.8 Å². The largest absolute Gasteiger partial charge is 0.482 e. The van der Waals surface area contributed by atoms with E-state index in [9.17, 15) is 4.79 Å². The van der Waals surface area contributed by atoms with Gasteiger partial charge in [-0.3, -0.25) is 4.79 Å². The van der Waals surface area contributed by atoms with E-state index in [4.69, 9.17) is 10.5 Å². The van der Waals surface area contributed by atoms with Gasteiger partial charge in [-0.2, -0.15) is 0 Å². The molecule has 0 bridgehead atoms. The zero-order valence-corrected chi connectivity index (χ0v) is 12.6. The predicted octanol–water partition coefficient (Wildman–Crippen LogP) is 3.36. The van der Waals surface area contributed by atoms with Crippen molar-refractivity contribution in [2.24, 2.45) is 0 Å². The summed E-state index contributed by atoms with van der Waals surface area (Å²) in [6.07, 6.45) is 0. The number of hydrogen-bond donors (Lipinski definition) is 2. The number of anilines is 2. The number of ether oxygens (including phenoxy) is 1. The van der Waals surface area contributed by atoms with Gasteiger partial charge in [0.1, 0.15) is 5.75 Å². The lowest BCUT2D eigenvalue weighted by Gasteiger charge is -2.10. The molecule has 2 aromatic carbocycles. The molecule has 0 radical (unpaired) electrons. The minimum atomic E-state index is -0.237. The van der Waals surface area contributed by atoms with E-state index in [0.29, 0.717) is 11.4 Å². The quantitative estimate of drug-likeness (QED) is 0.842. The maximum Gasteiger partial charge on any atom is 0.262 e. The number of para-hydroxylation sites is 2. The van der Waals surface area contributed by atoms with E-state index in [1.165, 1.54) is 0 Å². The van der Waals surface area contributed by atoms with E-state index < -0.39 is 0 Å². The molecule has 3 N–H and O–H groups in total. The van der Waals surface area contributed by atoms with Crippen molar-refractivity contribution in [3.05, 3.63) is 52.5 Å². The summed E-state index contributed by atoms with van der Waals surface area (Å²) in [5.41, 5.74) is 8.04. The maximum atomic E-state index is 11.9. The van der Waals surface area contributed by atoms with Crippen LogP contribution in [0.1, 0.15) is 5.56 Å². The highest BCUT2D eigenvalue weighted by atomic mass is 79.9. The molecule has 0 aliphatic rings. The highest BCUT2D eigenvalue weighted by molar-refractivity contribution is 9.10. The Labute approximate surface area is 126 Å². The van der Waals surface area contributed by atoms with E-state index in [2.05, 4.69) is 21.2 Å². The van der Waals surface area contributed by atoms with E-state index in [-0.39, 0.29) is 12.5 Å². The van der Waals surface area contributed by atoms with Crippen LogP contribution in [-0.4, -0.2) is 12.5 Å². The number of carbonyl (C=O) groups excluding carboxylic acids is 1. The molecule has 0 saturated heterocycles. The Kier molecular flexibility index (Phi) is 4.63. The molecule has 20 heavy (non-hydrogen) atoms. The standard InChI is InChI=1S/C15H15BrN2O2/c1-10-6-7-11(16)13(8-10)18-15(19)9-20-14-5-3-2-4-12(14)17/h2-8H,9,17H2,1H3,(H,18,19). The number of aryl methyl sites for hydroxylation is 1. The molecule has 1 amide bonds. The van der Waals surface area contributed by atoms with Crippen LogP contribution in [0.4, 0.5) is 11.4 Å². The molecular weight excluding hydrogens is 320 g/mol. The van der Waals surface area contributed by atoms with Crippen molar-refractivity contribution >= 4 is 33.2 Å². The molecule has 104 valence electrons. The topological polar surface area (TPSA) is 64.3 Å². The van der Waals surface area contributed by atoms with Gasteiger partial charge in [-0.1, -0.05) is 18.2 Å². The molecule has 0 spiro atoms. The van der Waals surface area contributed by atoms with Crippen LogP contribution in [0.15, 0.2) is 46.9 Å². The summed E-state index contributed by atoms with van der Waals surface area (Å²) in [6, 6.07) is 12.8. The molecule has 0 aromatic heterocycles. The molecule has 0 unspecified atom stereocenters. The average Bonchev–Trinajstić information content (AvgIpc) is 2.42.